The van der Waals surface area contributed by atoms with Crippen LogP contribution in [0.3, 0.4) is 0 Å². The van der Waals surface area contributed by atoms with Gasteiger partial charge in [0.25, 0.3) is 0 Å². The van der Waals surface area contributed by atoms with E-state index in [0.717, 1.165) is 17.5 Å². The van der Waals surface area contributed by atoms with Crippen molar-refractivity contribution in [3.63, 3.8) is 0 Å². The fourth-order valence-electron chi connectivity index (χ4n) is 3.41. The number of aliphatic hydroxyl groups is 1. The van der Waals surface area contributed by atoms with Crippen LogP contribution in [0.1, 0.15) is 24.0 Å². The summed E-state index contributed by atoms with van der Waals surface area (Å²) >= 11 is 0. The fourth-order valence-corrected chi connectivity index (χ4v) is 5.74. The molecular formula is C19H19NO3S. The first-order valence-corrected chi connectivity index (χ1v) is 9.45. The zero-order valence-electron chi connectivity index (χ0n) is 13.4. The van der Waals surface area contributed by atoms with Crippen LogP contribution < -0.4 is 0 Å². The molecule has 1 aliphatic rings. The van der Waals surface area contributed by atoms with Crippen LogP contribution in [0.2, 0.25) is 0 Å². The van der Waals surface area contributed by atoms with E-state index in [2.05, 4.69) is 6.07 Å². The van der Waals surface area contributed by atoms with Crippen molar-refractivity contribution in [2.45, 2.75) is 29.4 Å². The molecule has 0 radical (unpaired) electrons. The first-order chi connectivity index (χ1) is 11.5. The maximum absolute atomic E-state index is 13.0. The molecule has 0 aromatic heterocycles. The van der Waals surface area contributed by atoms with Crippen LogP contribution >= 0.6 is 0 Å². The largest absolute Gasteiger partial charge is 0.395 e. The van der Waals surface area contributed by atoms with Gasteiger partial charge >= 0.3 is 0 Å². The van der Waals surface area contributed by atoms with Gasteiger partial charge in [-0.15, -0.1) is 0 Å². The highest BCUT2D eigenvalue weighted by Gasteiger charge is 2.72. The molecule has 124 valence electrons. The summed E-state index contributed by atoms with van der Waals surface area (Å²) in [5.41, 5.74) is 0.656. The molecule has 0 heterocycles. The Balaban J connectivity index is 2.04. The molecule has 2 aromatic carbocycles. The van der Waals surface area contributed by atoms with Gasteiger partial charge in [-0.05, 0) is 29.7 Å². The van der Waals surface area contributed by atoms with Crippen LogP contribution in [-0.4, -0.2) is 25.4 Å². The third-order valence-electron chi connectivity index (χ3n) is 4.88. The van der Waals surface area contributed by atoms with Crippen molar-refractivity contribution in [1.82, 2.24) is 0 Å². The second-order valence-electron chi connectivity index (χ2n) is 6.16. The van der Waals surface area contributed by atoms with Crippen molar-refractivity contribution < 1.29 is 13.5 Å². The molecule has 0 unspecified atom stereocenters. The summed E-state index contributed by atoms with van der Waals surface area (Å²) in [7, 11) is -3.69. The number of aliphatic hydroxyl groups excluding tert-OH is 1. The van der Waals surface area contributed by atoms with Crippen molar-refractivity contribution in [1.29, 1.82) is 5.26 Å². The zero-order valence-corrected chi connectivity index (χ0v) is 14.2. The van der Waals surface area contributed by atoms with Gasteiger partial charge in [0.05, 0.1) is 22.8 Å². The van der Waals surface area contributed by atoms with Gasteiger partial charge in [-0.1, -0.05) is 49.4 Å². The number of hydrogen-bond acceptors (Lipinski definition) is 4. The van der Waals surface area contributed by atoms with Crippen LogP contribution in [0.15, 0.2) is 59.5 Å². The molecule has 4 nitrogen and oxygen atoms in total. The molecular weight excluding hydrogens is 322 g/mol. The predicted molar refractivity (Wildman–Crippen MR) is 91.1 cm³/mol. The van der Waals surface area contributed by atoms with Gasteiger partial charge in [0.2, 0.25) is 0 Å². The second-order valence-corrected chi connectivity index (χ2v) is 8.23. The lowest BCUT2D eigenvalue weighted by Gasteiger charge is -2.05. The number of sulfone groups is 1. The van der Waals surface area contributed by atoms with E-state index in [1.165, 1.54) is 12.1 Å². The molecule has 2 aromatic rings. The second kappa shape index (κ2) is 6.04. The predicted octanol–water partition coefficient (Wildman–Crippen LogP) is 2.69. The Labute approximate surface area is 142 Å². The minimum Gasteiger partial charge on any atom is -0.395 e. The van der Waals surface area contributed by atoms with Crippen LogP contribution in [0, 0.1) is 16.7 Å². The summed E-state index contributed by atoms with van der Waals surface area (Å²) in [5.74, 6) is -0.511. The summed E-state index contributed by atoms with van der Waals surface area (Å²) in [4.78, 5) is 0.191. The highest BCUT2D eigenvalue weighted by molar-refractivity contribution is 7.92. The molecule has 0 amide bonds. The van der Waals surface area contributed by atoms with E-state index in [1.54, 1.807) is 18.2 Å². The molecule has 1 saturated carbocycles. The Bertz CT molecular complexity index is 869. The lowest BCUT2D eigenvalue weighted by atomic mass is 10.00. The smallest absolute Gasteiger partial charge is 0.183 e. The van der Waals surface area contributed by atoms with Crippen LogP contribution in [0.25, 0.3) is 0 Å². The highest BCUT2D eigenvalue weighted by Crippen LogP contribution is 2.63. The molecule has 3 atom stereocenters. The Morgan fingerprint density at radius 1 is 1.12 bits per heavy atom. The number of nitriles is 1. The summed E-state index contributed by atoms with van der Waals surface area (Å²) in [6.45, 7) is 1.57. The summed E-state index contributed by atoms with van der Waals surface area (Å²) in [6, 6.07) is 17.8. The lowest BCUT2D eigenvalue weighted by molar-refractivity contribution is 0.242. The summed E-state index contributed by atoms with van der Waals surface area (Å²) < 4.78 is 25.9. The van der Waals surface area contributed by atoms with Crippen molar-refractivity contribution in [2.75, 3.05) is 6.61 Å². The van der Waals surface area contributed by atoms with Gasteiger partial charge < -0.3 is 5.11 Å². The molecule has 0 bridgehead atoms. The zero-order chi connectivity index (χ0) is 17.4. The van der Waals surface area contributed by atoms with E-state index in [9.17, 15) is 18.8 Å². The standard InChI is InChI=1S/C19H19NO3S/c1-2-14-8-10-15(11-9-14)17-18(19(17,12-20)13-21)24(22,23)16-6-4-3-5-7-16/h3-11,17-18,21H,2,13H2,1H3/t17-,18+,19+/m1/s1. The number of rotatable bonds is 5. The maximum atomic E-state index is 13.0. The molecule has 5 heteroatoms. The van der Waals surface area contributed by atoms with Crippen molar-refractivity contribution in [3.05, 3.63) is 65.7 Å². The van der Waals surface area contributed by atoms with E-state index in [4.69, 9.17) is 0 Å². The van der Waals surface area contributed by atoms with Gasteiger partial charge in [0, 0.05) is 5.92 Å². The van der Waals surface area contributed by atoms with Gasteiger partial charge in [0.1, 0.15) is 5.41 Å². The number of hydrogen-bond donors (Lipinski definition) is 1. The molecule has 3 rings (SSSR count). The molecule has 0 aliphatic heterocycles. The van der Waals surface area contributed by atoms with Crippen molar-refractivity contribution in [3.8, 4) is 6.07 Å². The fraction of sp³-hybridized carbons (Fsp3) is 0.316. The molecule has 24 heavy (non-hydrogen) atoms. The first-order valence-electron chi connectivity index (χ1n) is 7.91. The molecule has 0 spiro atoms. The monoisotopic (exact) mass is 341 g/mol. The Morgan fingerprint density at radius 3 is 2.25 bits per heavy atom. The Hall–Kier alpha value is -2.16. The minimum atomic E-state index is -3.69. The quantitative estimate of drug-likeness (QED) is 0.907. The van der Waals surface area contributed by atoms with Gasteiger partial charge in [-0.3, -0.25) is 0 Å². The van der Waals surface area contributed by atoms with Crippen molar-refractivity contribution in [2.24, 2.45) is 5.41 Å². The lowest BCUT2D eigenvalue weighted by Crippen LogP contribution is -2.18. The highest BCUT2D eigenvalue weighted by atomic mass is 32.2. The average molecular weight is 341 g/mol. The third kappa shape index (κ3) is 2.43. The van der Waals surface area contributed by atoms with Crippen LogP contribution in [-0.2, 0) is 16.3 Å². The maximum Gasteiger partial charge on any atom is 0.183 e. The summed E-state index contributed by atoms with van der Waals surface area (Å²) in [5, 5.41) is 18.5. The van der Waals surface area contributed by atoms with Crippen molar-refractivity contribution >= 4 is 9.84 Å². The van der Waals surface area contributed by atoms with E-state index < -0.39 is 33.0 Å². The molecule has 1 aliphatic carbocycles. The Kier molecular flexibility index (Phi) is 4.20. The van der Waals surface area contributed by atoms with E-state index in [1.807, 2.05) is 31.2 Å². The third-order valence-corrected chi connectivity index (χ3v) is 7.17. The Morgan fingerprint density at radius 2 is 1.75 bits per heavy atom. The van der Waals surface area contributed by atoms with E-state index in [0.29, 0.717) is 0 Å². The van der Waals surface area contributed by atoms with Crippen LogP contribution in [0.5, 0.6) is 0 Å². The average Bonchev–Trinajstić information content (AvgIpc) is 3.33. The number of nitrogens with zero attached hydrogens (tertiary/aromatic N) is 1. The van der Waals surface area contributed by atoms with E-state index >= 15 is 0 Å². The molecule has 1 fully saturated rings. The van der Waals surface area contributed by atoms with E-state index in [-0.39, 0.29) is 4.90 Å². The van der Waals surface area contributed by atoms with Gasteiger partial charge in [-0.2, -0.15) is 5.26 Å². The molecule has 1 N–H and O–H groups in total. The SMILES string of the molecule is CCc1ccc([C@@H]2[C@H](S(=O)(=O)c3ccccc3)[C@@]2(C#N)CO)cc1. The normalized spacial score (nSPS) is 25.9. The number of aryl methyl sites for hydroxylation is 1. The van der Waals surface area contributed by atoms with Crippen LogP contribution in [0.4, 0.5) is 0 Å². The summed E-state index contributed by atoms with van der Waals surface area (Å²) in [6.07, 6.45) is 0.889. The minimum absolute atomic E-state index is 0.191. The number of benzene rings is 2. The first kappa shape index (κ1) is 16.7. The topological polar surface area (TPSA) is 78.2 Å². The molecule has 0 saturated heterocycles. The van der Waals surface area contributed by atoms with Gasteiger partial charge in [0.15, 0.2) is 9.84 Å². The van der Waals surface area contributed by atoms with Gasteiger partial charge in [-0.25, -0.2) is 8.42 Å².